The van der Waals surface area contributed by atoms with Crippen LogP contribution in [0, 0.1) is 0 Å². The number of aromatic nitrogens is 1. The van der Waals surface area contributed by atoms with Crippen LogP contribution in [0.2, 0.25) is 0 Å². The highest BCUT2D eigenvalue weighted by molar-refractivity contribution is 9.10. The van der Waals surface area contributed by atoms with E-state index in [9.17, 15) is 18.4 Å². The van der Waals surface area contributed by atoms with Crippen molar-refractivity contribution in [2.45, 2.75) is 6.61 Å². The number of carbonyl (C=O) groups excluding carboxylic acids is 2. The van der Waals surface area contributed by atoms with Crippen LogP contribution in [0.1, 0.15) is 15.9 Å². The molecule has 0 fully saturated rings. The van der Waals surface area contributed by atoms with Gasteiger partial charge in [-0.1, -0.05) is 15.9 Å². The van der Waals surface area contributed by atoms with Gasteiger partial charge in [0.1, 0.15) is 5.75 Å². The summed E-state index contributed by atoms with van der Waals surface area (Å²) in [4.78, 5) is 27.3. The molecular weight excluding hydrogens is 400 g/mol. The average Bonchev–Trinajstić information content (AvgIpc) is 2.60. The molecule has 130 valence electrons. The third-order valence-electron chi connectivity index (χ3n) is 2.83. The Balaban J connectivity index is 1.98. The molecule has 0 saturated heterocycles. The Morgan fingerprint density at radius 1 is 1.24 bits per heavy atom. The van der Waals surface area contributed by atoms with Gasteiger partial charge in [-0.25, -0.2) is 0 Å². The van der Waals surface area contributed by atoms with Gasteiger partial charge < -0.3 is 4.74 Å². The zero-order chi connectivity index (χ0) is 18.2. The number of hydrogen-bond donors (Lipinski definition) is 2. The summed E-state index contributed by atoms with van der Waals surface area (Å²) in [6.07, 6.45) is 5.21. The molecule has 0 aliphatic heterocycles. The van der Waals surface area contributed by atoms with Crippen LogP contribution in [0.5, 0.6) is 5.75 Å². The maximum atomic E-state index is 12.4. The SMILES string of the molecule is O=C(/C=C/c1cc(Br)ccc1OC(F)F)NNC(=O)c1cccnc1. The number of amides is 2. The van der Waals surface area contributed by atoms with E-state index in [2.05, 4.69) is 36.5 Å². The number of hydrazine groups is 1. The lowest BCUT2D eigenvalue weighted by molar-refractivity contribution is -0.117. The summed E-state index contributed by atoms with van der Waals surface area (Å²) in [5, 5.41) is 0. The maximum Gasteiger partial charge on any atom is 0.387 e. The van der Waals surface area contributed by atoms with Crippen LogP contribution in [0.15, 0.2) is 53.3 Å². The van der Waals surface area contributed by atoms with E-state index in [0.29, 0.717) is 4.47 Å². The summed E-state index contributed by atoms with van der Waals surface area (Å²) in [7, 11) is 0. The number of halogens is 3. The number of carbonyl (C=O) groups is 2. The summed E-state index contributed by atoms with van der Waals surface area (Å²) >= 11 is 3.20. The minimum Gasteiger partial charge on any atom is -0.434 e. The lowest BCUT2D eigenvalue weighted by Gasteiger charge is -2.08. The van der Waals surface area contributed by atoms with Crippen molar-refractivity contribution in [3.8, 4) is 5.75 Å². The normalized spacial score (nSPS) is 10.7. The Kier molecular flexibility index (Phi) is 6.58. The fraction of sp³-hybridized carbons (Fsp3) is 0.0625. The lowest BCUT2D eigenvalue weighted by atomic mass is 10.2. The van der Waals surface area contributed by atoms with Crippen molar-refractivity contribution >= 4 is 33.8 Å². The van der Waals surface area contributed by atoms with Crippen molar-refractivity contribution < 1.29 is 23.1 Å². The largest absolute Gasteiger partial charge is 0.434 e. The van der Waals surface area contributed by atoms with Crippen LogP contribution in [0.4, 0.5) is 8.78 Å². The van der Waals surface area contributed by atoms with E-state index in [1.165, 1.54) is 42.7 Å². The second-order valence-corrected chi connectivity index (χ2v) is 5.49. The van der Waals surface area contributed by atoms with Crippen molar-refractivity contribution in [2.24, 2.45) is 0 Å². The number of nitrogens with zero attached hydrogens (tertiary/aromatic N) is 1. The number of pyridine rings is 1. The molecule has 0 radical (unpaired) electrons. The number of ether oxygens (including phenoxy) is 1. The van der Waals surface area contributed by atoms with E-state index in [1.807, 2.05) is 0 Å². The second kappa shape index (κ2) is 8.88. The van der Waals surface area contributed by atoms with Crippen LogP contribution in [0.25, 0.3) is 6.08 Å². The van der Waals surface area contributed by atoms with Gasteiger partial charge in [-0.3, -0.25) is 25.4 Å². The first kappa shape index (κ1) is 18.5. The summed E-state index contributed by atoms with van der Waals surface area (Å²) < 4.78 is 29.8. The number of benzene rings is 1. The van der Waals surface area contributed by atoms with E-state index in [1.54, 1.807) is 6.07 Å². The van der Waals surface area contributed by atoms with Crippen molar-refractivity contribution in [3.05, 3.63) is 64.4 Å². The average molecular weight is 412 g/mol. The van der Waals surface area contributed by atoms with Crippen molar-refractivity contribution in [1.29, 1.82) is 0 Å². The zero-order valence-electron chi connectivity index (χ0n) is 12.6. The molecular formula is C16H12BrF2N3O3. The summed E-state index contributed by atoms with van der Waals surface area (Å²) in [6, 6.07) is 7.49. The van der Waals surface area contributed by atoms with Crippen LogP contribution < -0.4 is 15.6 Å². The molecule has 0 unspecified atom stereocenters. The van der Waals surface area contributed by atoms with Gasteiger partial charge in [0.15, 0.2) is 0 Å². The molecule has 0 aliphatic rings. The second-order valence-electron chi connectivity index (χ2n) is 4.58. The fourth-order valence-electron chi connectivity index (χ4n) is 1.75. The van der Waals surface area contributed by atoms with Gasteiger partial charge in [-0.15, -0.1) is 0 Å². The number of alkyl halides is 2. The Labute approximate surface area is 150 Å². The molecule has 2 aromatic rings. The molecule has 0 bridgehead atoms. The van der Waals surface area contributed by atoms with E-state index in [-0.39, 0.29) is 16.9 Å². The molecule has 0 atom stereocenters. The molecule has 2 amide bonds. The molecule has 25 heavy (non-hydrogen) atoms. The summed E-state index contributed by atoms with van der Waals surface area (Å²) in [6.45, 7) is -2.99. The van der Waals surface area contributed by atoms with Crippen LogP contribution in [-0.4, -0.2) is 23.4 Å². The van der Waals surface area contributed by atoms with Gasteiger partial charge >= 0.3 is 6.61 Å². The highest BCUT2D eigenvalue weighted by Crippen LogP contribution is 2.25. The van der Waals surface area contributed by atoms with E-state index in [4.69, 9.17) is 0 Å². The topological polar surface area (TPSA) is 80.3 Å². The van der Waals surface area contributed by atoms with Crippen molar-refractivity contribution in [3.63, 3.8) is 0 Å². The standard InChI is InChI=1S/C16H12BrF2N3O3/c17-12-4-5-13(25-16(18)19)10(8-12)3-6-14(23)21-22-15(24)11-2-1-7-20-9-11/h1-9,16H,(H,21,23)(H,22,24)/b6-3+. The van der Waals surface area contributed by atoms with Crippen LogP contribution in [-0.2, 0) is 4.79 Å². The summed E-state index contributed by atoms with van der Waals surface area (Å²) in [5.74, 6) is -1.28. The first-order chi connectivity index (χ1) is 12.0. The summed E-state index contributed by atoms with van der Waals surface area (Å²) in [5.41, 5.74) is 4.91. The quantitative estimate of drug-likeness (QED) is 0.585. The third-order valence-corrected chi connectivity index (χ3v) is 3.32. The fourth-order valence-corrected chi connectivity index (χ4v) is 2.13. The van der Waals surface area contributed by atoms with Crippen molar-refractivity contribution in [2.75, 3.05) is 0 Å². The van der Waals surface area contributed by atoms with Gasteiger partial charge in [0.2, 0.25) is 0 Å². The van der Waals surface area contributed by atoms with E-state index in [0.717, 1.165) is 6.08 Å². The molecule has 1 aromatic heterocycles. The highest BCUT2D eigenvalue weighted by atomic mass is 79.9. The smallest absolute Gasteiger partial charge is 0.387 e. The number of rotatable bonds is 5. The molecule has 1 heterocycles. The monoisotopic (exact) mass is 411 g/mol. The Morgan fingerprint density at radius 3 is 2.72 bits per heavy atom. The van der Waals surface area contributed by atoms with E-state index >= 15 is 0 Å². The highest BCUT2D eigenvalue weighted by Gasteiger charge is 2.09. The molecule has 2 N–H and O–H groups in total. The van der Waals surface area contributed by atoms with Crippen molar-refractivity contribution in [1.82, 2.24) is 15.8 Å². The molecule has 0 saturated carbocycles. The minimum absolute atomic E-state index is 0.0818. The molecule has 0 spiro atoms. The van der Waals surface area contributed by atoms with E-state index < -0.39 is 18.4 Å². The van der Waals surface area contributed by atoms with Gasteiger partial charge in [-0.05, 0) is 36.4 Å². The van der Waals surface area contributed by atoms with Gasteiger partial charge in [0.25, 0.3) is 11.8 Å². The first-order valence-corrected chi connectivity index (χ1v) is 7.68. The zero-order valence-corrected chi connectivity index (χ0v) is 14.2. The van der Waals surface area contributed by atoms with Gasteiger partial charge in [0, 0.05) is 28.5 Å². The minimum atomic E-state index is -2.99. The molecule has 6 nitrogen and oxygen atoms in total. The first-order valence-electron chi connectivity index (χ1n) is 6.88. The molecule has 9 heteroatoms. The number of hydrogen-bond acceptors (Lipinski definition) is 4. The molecule has 2 rings (SSSR count). The van der Waals surface area contributed by atoms with Gasteiger partial charge in [0.05, 0.1) is 5.56 Å². The van der Waals surface area contributed by atoms with Crippen LogP contribution >= 0.6 is 15.9 Å². The molecule has 1 aromatic carbocycles. The Morgan fingerprint density at radius 2 is 2.04 bits per heavy atom. The van der Waals surface area contributed by atoms with Crippen LogP contribution in [0.3, 0.4) is 0 Å². The molecule has 0 aliphatic carbocycles. The Hall–Kier alpha value is -2.81. The Bertz CT molecular complexity index is 785. The van der Waals surface area contributed by atoms with Gasteiger partial charge in [-0.2, -0.15) is 8.78 Å². The lowest BCUT2D eigenvalue weighted by Crippen LogP contribution is -2.40. The third kappa shape index (κ3) is 5.96. The predicted octanol–water partition coefficient (Wildman–Crippen LogP) is 2.92. The maximum absolute atomic E-state index is 12.4. The predicted molar refractivity (Wildman–Crippen MR) is 89.7 cm³/mol. The number of nitrogens with one attached hydrogen (secondary N) is 2.